The van der Waals surface area contributed by atoms with Gasteiger partial charge in [-0.1, -0.05) is 20.3 Å². The van der Waals surface area contributed by atoms with E-state index in [0.717, 1.165) is 0 Å². The summed E-state index contributed by atoms with van der Waals surface area (Å²) in [5.74, 6) is 0. The molecule has 1 fully saturated rings. The molecule has 0 spiro atoms. The Balaban J connectivity index is -0.000000451. The monoisotopic (exact) mass is 671 g/mol. The maximum atomic E-state index is 11.4. The SMILES string of the molecule is CCCC[N+]1(CCC)CCCCC1.O=S(=O)([O-])C(F)(F)C(F)(F)F.O=S(=O)([O-])C(F)(F)C(F)(F)F.[Y]. The van der Waals surface area contributed by atoms with Crippen molar-refractivity contribution < 1.29 is 107 Å². The molecule has 36 heavy (non-hydrogen) atoms. The van der Waals surface area contributed by atoms with Crippen molar-refractivity contribution in [3.63, 3.8) is 0 Å². The predicted molar refractivity (Wildman–Crippen MR) is 100 cm³/mol. The van der Waals surface area contributed by atoms with E-state index in [0.29, 0.717) is 0 Å². The smallest absolute Gasteiger partial charge is 0.468 e. The van der Waals surface area contributed by atoms with Gasteiger partial charge < -0.3 is 13.6 Å². The molecular weight excluding hydrogens is 645 g/mol. The summed E-state index contributed by atoms with van der Waals surface area (Å²) in [7, 11) is -13.3. The van der Waals surface area contributed by atoms with Crippen LogP contribution < -0.4 is 0 Å². The van der Waals surface area contributed by atoms with E-state index in [1.165, 1.54) is 69.2 Å². The van der Waals surface area contributed by atoms with Crippen LogP contribution in [0.4, 0.5) is 43.9 Å². The second kappa shape index (κ2) is 15.1. The molecule has 1 radical (unpaired) electrons. The third-order valence-electron chi connectivity index (χ3n) is 4.74. The maximum Gasteiger partial charge on any atom is 0.468 e. The fourth-order valence-electron chi connectivity index (χ4n) is 2.99. The van der Waals surface area contributed by atoms with Gasteiger partial charge in [-0.2, -0.15) is 43.9 Å². The third kappa shape index (κ3) is 12.4. The standard InChI is InChI=1S/C12H26N.2C2HF5O3S.Y/c1-3-5-10-13(9-4-2)11-7-6-8-12-13;2*3-1(4,5)2(6,7)11(8,9)10;/h3-12H2,1-2H3;2*(H,8,9,10);/q+1;;;/p-2. The molecule has 0 saturated carbocycles. The minimum absolute atomic E-state index is 0. The fraction of sp³-hybridized carbons (Fsp3) is 1.00. The quantitative estimate of drug-likeness (QED) is 0.223. The molecule has 0 aromatic rings. The Hall–Kier alpha value is 0.184. The van der Waals surface area contributed by atoms with Crippen molar-refractivity contribution in [2.45, 2.75) is 75.2 Å². The Morgan fingerprint density at radius 2 is 0.972 bits per heavy atom. The molecular formula is C16H26F10NO6S2Y-. The predicted octanol–water partition coefficient (Wildman–Crippen LogP) is 4.57. The number of halogens is 10. The van der Waals surface area contributed by atoms with Gasteiger partial charge in [0.1, 0.15) is 0 Å². The van der Waals surface area contributed by atoms with Crippen LogP contribution in [0.1, 0.15) is 52.4 Å². The van der Waals surface area contributed by atoms with Gasteiger partial charge in [0.25, 0.3) is 0 Å². The van der Waals surface area contributed by atoms with E-state index < -0.39 is 43.1 Å². The van der Waals surface area contributed by atoms with Gasteiger partial charge in [0.05, 0.1) is 26.2 Å². The molecule has 0 atom stereocenters. The van der Waals surface area contributed by atoms with Gasteiger partial charge in [-0.25, -0.2) is 16.8 Å². The summed E-state index contributed by atoms with van der Waals surface area (Å²) in [4.78, 5) is 0. The normalized spacial score (nSPS) is 17.1. The number of unbranched alkanes of at least 4 members (excludes halogenated alkanes) is 1. The van der Waals surface area contributed by atoms with E-state index in [9.17, 15) is 69.8 Å². The van der Waals surface area contributed by atoms with Crippen molar-refractivity contribution in [2.24, 2.45) is 0 Å². The Labute approximate surface area is 227 Å². The average Bonchev–Trinajstić information content (AvgIpc) is 2.65. The van der Waals surface area contributed by atoms with Crippen molar-refractivity contribution in [3.8, 4) is 0 Å². The van der Waals surface area contributed by atoms with Crippen LogP contribution in [0.2, 0.25) is 0 Å². The Morgan fingerprint density at radius 1 is 0.639 bits per heavy atom. The first-order valence-corrected chi connectivity index (χ1v) is 12.8. The Bertz CT molecular complexity index is 783. The van der Waals surface area contributed by atoms with Gasteiger partial charge in [-0.15, -0.1) is 0 Å². The van der Waals surface area contributed by atoms with E-state index in [1.807, 2.05) is 0 Å². The summed E-state index contributed by atoms with van der Waals surface area (Å²) in [5.41, 5.74) is 0. The van der Waals surface area contributed by atoms with Crippen LogP contribution in [-0.2, 0) is 52.9 Å². The summed E-state index contributed by atoms with van der Waals surface area (Å²) >= 11 is 0. The molecule has 0 aromatic carbocycles. The number of quaternary nitrogens is 1. The van der Waals surface area contributed by atoms with Crippen LogP contribution in [0.15, 0.2) is 0 Å². The zero-order valence-electron chi connectivity index (χ0n) is 19.1. The molecule has 0 bridgehead atoms. The number of alkyl halides is 10. The van der Waals surface area contributed by atoms with Gasteiger partial charge in [-0.3, -0.25) is 0 Å². The van der Waals surface area contributed by atoms with Crippen LogP contribution in [0.25, 0.3) is 0 Å². The first kappa shape index (κ1) is 40.7. The number of rotatable bonds is 7. The molecule has 1 saturated heterocycles. The number of hydrogen-bond donors (Lipinski definition) is 0. The van der Waals surface area contributed by atoms with Gasteiger partial charge in [0, 0.05) is 32.7 Å². The second-order valence-corrected chi connectivity index (χ2v) is 10.4. The molecule has 0 aromatic heterocycles. The molecule has 0 unspecified atom stereocenters. The Morgan fingerprint density at radius 3 is 1.17 bits per heavy atom. The van der Waals surface area contributed by atoms with Crippen molar-refractivity contribution >= 4 is 20.2 Å². The summed E-state index contributed by atoms with van der Waals surface area (Å²) in [6.07, 6.45) is -4.11. The van der Waals surface area contributed by atoms with Crippen molar-refractivity contribution in [2.75, 3.05) is 26.2 Å². The molecule has 1 aliphatic rings. The van der Waals surface area contributed by atoms with E-state index in [4.69, 9.17) is 0 Å². The molecule has 0 aliphatic carbocycles. The minimum Gasteiger partial charge on any atom is -0.743 e. The minimum atomic E-state index is -6.67. The molecule has 7 nitrogen and oxygen atoms in total. The van der Waals surface area contributed by atoms with E-state index in [-0.39, 0.29) is 32.7 Å². The largest absolute Gasteiger partial charge is 0.743 e. The first-order valence-electron chi connectivity index (χ1n) is 9.98. The number of likely N-dealkylation sites (tertiary alicyclic amines) is 1. The fourth-order valence-corrected chi connectivity index (χ4v) is 3.56. The van der Waals surface area contributed by atoms with Gasteiger partial charge in [0.15, 0.2) is 20.2 Å². The van der Waals surface area contributed by atoms with E-state index in [1.54, 1.807) is 0 Å². The topological polar surface area (TPSA) is 114 Å². The van der Waals surface area contributed by atoms with Gasteiger partial charge in [-0.05, 0) is 32.1 Å². The summed E-state index contributed by atoms with van der Waals surface area (Å²) in [6, 6.07) is 0. The van der Waals surface area contributed by atoms with Crippen molar-refractivity contribution in [3.05, 3.63) is 0 Å². The first-order chi connectivity index (χ1) is 15.3. The molecule has 1 aliphatic heterocycles. The molecule has 1 rings (SSSR count). The van der Waals surface area contributed by atoms with Crippen molar-refractivity contribution in [1.29, 1.82) is 0 Å². The number of nitrogens with zero attached hydrogens (tertiary/aromatic N) is 1. The molecule has 1 heterocycles. The van der Waals surface area contributed by atoms with Crippen LogP contribution in [0.5, 0.6) is 0 Å². The molecule has 0 N–H and O–H groups in total. The Kier molecular flexibility index (Phi) is 17.1. The molecule has 20 heteroatoms. The second-order valence-electron chi connectivity index (χ2n) is 7.59. The van der Waals surface area contributed by atoms with Crippen molar-refractivity contribution in [1.82, 2.24) is 0 Å². The summed E-state index contributed by atoms with van der Waals surface area (Å²) < 4.78 is 169. The van der Waals surface area contributed by atoms with Crippen LogP contribution in [0, 0.1) is 0 Å². The van der Waals surface area contributed by atoms with Gasteiger partial charge in [0.2, 0.25) is 0 Å². The van der Waals surface area contributed by atoms with Crippen LogP contribution in [-0.4, -0.2) is 79.5 Å². The maximum absolute atomic E-state index is 11.4. The number of hydrogen-bond acceptors (Lipinski definition) is 6. The van der Waals surface area contributed by atoms with Crippen LogP contribution >= 0.6 is 0 Å². The average molecular weight is 671 g/mol. The number of piperidine rings is 1. The summed E-state index contributed by atoms with van der Waals surface area (Å²) in [5, 5.41) is -12.4. The molecule has 0 amide bonds. The zero-order chi connectivity index (χ0) is 28.6. The van der Waals surface area contributed by atoms with E-state index >= 15 is 0 Å². The van der Waals surface area contributed by atoms with Crippen LogP contribution in [0.3, 0.4) is 0 Å². The zero-order valence-corrected chi connectivity index (χ0v) is 23.6. The van der Waals surface area contributed by atoms with Gasteiger partial charge >= 0.3 is 22.9 Å². The summed E-state index contributed by atoms with van der Waals surface area (Å²) in [6.45, 7) is 10.5. The third-order valence-corrected chi connectivity index (χ3v) is 6.46. The van der Waals surface area contributed by atoms with E-state index in [2.05, 4.69) is 13.8 Å². The molecule has 217 valence electrons.